The first-order chi connectivity index (χ1) is 35.2. The first kappa shape index (κ1) is 61.5. The molecule has 0 fully saturated rings. The van der Waals surface area contributed by atoms with Gasteiger partial charge in [-0.05, 0) is 51.5 Å². The highest BCUT2D eigenvalue weighted by atomic mass is 16.6. The zero-order chi connectivity index (χ0) is 51.4. The number of hydrogen-bond acceptors (Lipinski definition) is 22. The Balaban J connectivity index is 0.937. The lowest BCUT2D eigenvalue weighted by molar-refractivity contribution is -0.156. The van der Waals surface area contributed by atoms with Crippen molar-refractivity contribution >= 4 is 23.5 Å². The second-order valence-corrected chi connectivity index (χ2v) is 16.1. The molecule has 2 amide bonds. The molecule has 0 bridgehead atoms. The van der Waals surface area contributed by atoms with Gasteiger partial charge in [-0.3, -0.25) is 24.4 Å². The lowest BCUT2D eigenvalue weighted by Crippen LogP contribution is -2.27. The third-order valence-corrected chi connectivity index (χ3v) is 8.99. The van der Waals surface area contributed by atoms with E-state index in [2.05, 4.69) is 41.0 Å². The van der Waals surface area contributed by atoms with Gasteiger partial charge < -0.3 is 72.2 Å². The molecular weight excluding hydrogens is 945 g/mol. The van der Waals surface area contributed by atoms with E-state index in [0.717, 1.165) is 0 Å². The lowest BCUT2D eigenvalue weighted by Gasteiger charge is -2.19. The molecule has 0 aliphatic rings. The molecule has 72 heavy (non-hydrogen) atoms. The maximum Gasteiger partial charge on any atom is 0.308 e. The minimum absolute atomic E-state index is 0.157. The number of amides is 2. The number of anilines is 1. The molecule has 24 nitrogen and oxygen atoms in total. The quantitative estimate of drug-likeness (QED) is 0.0608. The Morgan fingerprint density at radius 1 is 0.444 bits per heavy atom. The summed E-state index contributed by atoms with van der Waals surface area (Å²) in [6.45, 7) is 16.4. The van der Waals surface area contributed by atoms with Gasteiger partial charge in [0.25, 0.3) is 0 Å². The normalized spacial score (nSPS) is 11.5. The summed E-state index contributed by atoms with van der Waals surface area (Å²) in [5, 5.41) is 21.8. The molecule has 404 valence electrons. The van der Waals surface area contributed by atoms with Crippen LogP contribution in [0.15, 0.2) is 42.7 Å². The van der Waals surface area contributed by atoms with E-state index in [4.69, 9.17) is 61.6 Å². The summed E-state index contributed by atoms with van der Waals surface area (Å²) in [5.74, 6) is -0.118. The molecule has 0 spiro atoms. The van der Waals surface area contributed by atoms with E-state index in [1.165, 1.54) is 6.20 Å². The monoisotopic (exact) mass is 1020 g/mol. The number of ether oxygens (including phenoxy) is 13. The Hall–Kier alpha value is -4.83. The van der Waals surface area contributed by atoms with Gasteiger partial charge in [-0.2, -0.15) is 0 Å². The first-order valence-corrected chi connectivity index (χ1v) is 24.4. The third-order valence-electron chi connectivity index (χ3n) is 8.99. The molecule has 0 atom stereocenters. The van der Waals surface area contributed by atoms with Crippen molar-refractivity contribution in [3.05, 3.63) is 42.7 Å². The predicted molar refractivity (Wildman–Crippen MR) is 260 cm³/mol. The van der Waals surface area contributed by atoms with E-state index in [-0.39, 0.29) is 42.9 Å². The minimum atomic E-state index is -0.486. The average Bonchev–Trinajstić information content (AvgIpc) is 3.37. The van der Waals surface area contributed by atoms with Crippen LogP contribution in [0.3, 0.4) is 0 Å². The minimum Gasteiger partial charge on any atom is -0.460 e. The van der Waals surface area contributed by atoms with Crippen LogP contribution in [-0.4, -0.2) is 219 Å². The van der Waals surface area contributed by atoms with Gasteiger partial charge in [0, 0.05) is 25.6 Å². The number of hydrogen-bond donors (Lipinski definition) is 2. The van der Waals surface area contributed by atoms with Crippen molar-refractivity contribution in [3.8, 4) is 23.0 Å². The van der Waals surface area contributed by atoms with Crippen molar-refractivity contribution in [1.29, 1.82) is 0 Å². The first-order valence-electron chi connectivity index (χ1n) is 24.4. The van der Waals surface area contributed by atoms with Crippen LogP contribution in [0.4, 0.5) is 5.69 Å². The van der Waals surface area contributed by atoms with Gasteiger partial charge in [-0.25, -0.2) is 0 Å². The number of nitrogens with one attached hydrogen (secondary N) is 2. The number of aromatic nitrogens is 6. The fourth-order valence-electron chi connectivity index (χ4n) is 5.58. The molecule has 2 N–H and O–H groups in total. The van der Waals surface area contributed by atoms with Crippen LogP contribution in [0, 0.1) is 0 Å². The Labute approximate surface area is 422 Å². The Morgan fingerprint density at radius 2 is 0.833 bits per heavy atom. The Bertz CT molecular complexity index is 1800. The molecule has 3 aromatic heterocycles. The SMILES string of the molecule is CC(C)(C)OC(=O)CCOCCOCCOCCOCCOCCOCCOCCOCCOCCOCCOCCOCCNC(=O)CCCC(=O)Nc1ccc(-c2nnc(-c3ccccn3)nn2)nc1. The van der Waals surface area contributed by atoms with Crippen molar-refractivity contribution in [2.75, 3.05) is 170 Å². The Morgan fingerprint density at radius 3 is 1.21 bits per heavy atom. The summed E-state index contributed by atoms with van der Waals surface area (Å²) in [6.07, 6.45) is 4.12. The predicted octanol–water partition coefficient (Wildman–Crippen LogP) is 2.55. The highest BCUT2D eigenvalue weighted by molar-refractivity contribution is 5.91. The van der Waals surface area contributed by atoms with Crippen molar-refractivity contribution in [1.82, 2.24) is 35.7 Å². The molecule has 0 aromatic carbocycles. The molecule has 0 aliphatic carbocycles. The molecule has 3 aromatic rings. The van der Waals surface area contributed by atoms with Crippen LogP contribution in [0.5, 0.6) is 0 Å². The number of carbonyl (C=O) groups excluding carboxylic acids is 3. The van der Waals surface area contributed by atoms with Gasteiger partial charge in [-0.15, -0.1) is 20.4 Å². The number of rotatable bonds is 46. The Kier molecular flexibility index (Phi) is 35.5. The average molecular weight is 1020 g/mol. The van der Waals surface area contributed by atoms with Crippen molar-refractivity contribution in [2.45, 2.75) is 52.1 Å². The third kappa shape index (κ3) is 34.5. The molecule has 0 aliphatic heterocycles. The molecule has 0 unspecified atom stereocenters. The number of esters is 1. The van der Waals surface area contributed by atoms with Crippen molar-refractivity contribution in [2.24, 2.45) is 0 Å². The largest absolute Gasteiger partial charge is 0.460 e. The summed E-state index contributed by atoms with van der Waals surface area (Å²) in [6, 6.07) is 8.71. The molecule has 0 saturated heterocycles. The number of carbonyl (C=O) groups is 3. The van der Waals surface area contributed by atoms with Crippen LogP contribution in [0.25, 0.3) is 23.0 Å². The van der Waals surface area contributed by atoms with Gasteiger partial charge in [0.1, 0.15) is 17.0 Å². The van der Waals surface area contributed by atoms with Gasteiger partial charge in [0.2, 0.25) is 23.5 Å². The maximum atomic E-state index is 12.4. The van der Waals surface area contributed by atoms with Gasteiger partial charge in [-0.1, -0.05) is 6.07 Å². The van der Waals surface area contributed by atoms with E-state index < -0.39 is 5.60 Å². The molecule has 0 radical (unpaired) electrons. The smallest absolute Gasteiger partial charge is 0.308 e. The zero-order valence-corrected chi connectivity index (χ0v) is 42.3. The van der Waals surface area contributed by atoms with E-state index in [1.54, 1.807) is 30.5 Å². The van der Waals surface area contributed by atoms with Crippen molar-refractivity contribution in [3.63, 3.8) is 0 Å². The summed E-state index contributed by atoms with van der Waals surface area (Å²) < 4.78 is 71.0. The number of nitrogens with zero attached hydrogens (tertiary/aromatic N) is 6. The molecule has 24 heteroatoms. The van der Waals surface area contributed by atoms with Crippen molar-refractivity contribution < 1.29 is 76.0 Å². The lowest BCUT2D eigenvalue weighted by atomic mass is 10.2. The fraction of sp³-hybridized carbons (Fsp3) is 0.688. The zero-order valence-electron chi connectivity index (χ0n) is 42.3. The highest BCUT2D eigenvalue weighted by Crippen LogP contribution is 2.16. The highest BCUT2D eigenvalue weighted by Gasteiger charge is 2.16. The fourth-order valence-corrected chi connectivity index (χ4v) is 5.58. The summed E-state index contributed by atoms with van der Waals surface area (Å²) in [5.41, 5.74) is 1.03. The van der Waals surface area contributed by atoms with Crippen LogP contribution >= 0.6 is 0 Å². The van der Waals surface area contributed by atoms with E-state index in [9.17, 15) is 14.4 Å². The molecule has 3 heterocycles. The molecule has 3 rings (SSSR count). The second-order valence-electron chi connectivity index (χ2n) is 16.1. The molecular formula is C48H76N8O16. The van der Waals surface area contributed by atoms with E-state index >= 15 is 0 Å². The summed E-state index contributed by atoms with van der Waals surface area (Å²) in [7, 11) is 0. The number of pyridine rings is 2. The van der Waals surface area contributed by atoms with Crippen LogP contribution in [-0.2, 0) is 76.0 Å². The van der Waals surface area contributed by atoms with Gasteiger partial charge in [0.05, 0.1) is 177 Å². The van der Waals surface area contributed by atoms with Gasteiger partial charge in [0.15, 0.2) is 0 Å². The molecule has 0 saturated carbocycles. The van der Waals surface area contributed by atoms with Gasteiger partial charge >= 0.3 is 5.97 Å². The topological polar surface area (TPSA) is 273 Å². The van der Waals surface area contributed by atoms with Crippen LogP contribution in [0.1, 0.15) is 46.5 Å². The van der Waals surface area contributed by atoms with E-state index in [0.29, 0.717) is 194 Å². The van der Waals surface area contributed by atoms with Crippen LogP contribution < -0.4 is 10.6 Å². The maximum absolute atomic E-state index is 12.4. The van der Waals surface area contributed by atoms with E-state index in [1.807, 2.05) is 26.8 Å². The van der Waals surface area contributed by atoms with Crippen LogP contribution in [0.2, 0.25) is 0 Å². The summed E-state index contributed by atoms with van der Waals surface area (Å²) in [4.78, 5) is 44.6. The standard InChI is InChI=1S/C48H76N8O16/c1-48(2,3)72-45(59)12-15-60-17-19-62-21-23-64-25-27-66-29-31-68-33-35-70-37-38-71-36-34-69-32-30-67-28-26-65-24-22-63-20-18-61-16-14-50-43(57)8-6-9-44(58)52-40-10-11-42(51-39-40)47-55-53-46(54-56-47)41-7-4-5-13-49-41/h4-5,7,10-11,13,39H,6,8-9,12,14-38H2,1-3H3,(H,50,57)(H,52,58). The second kappa shape index (κ2) is 41.6. The summed E-state index contributed by atoms with van der Waals surface area (Å²) >= 11 is 0.